The first-order chi connectivity index (χ1) is 6.20. The average Bonchev–Trinajstić information content (AvgIpc) is 2.12. The third-order valence-corrected chi connectivity index (χ3v) is 3.77. The first kappa shape index (κ1) is 9.22. The fourth-order valence-corrected chi connectivity index (χ4v) is 2.45. The lowest BCUT2D eigenvalue weighted by Crippen LogP contribution is -2.18. The maximum Gasteiger partial charge on any atom is 0.0297 e. The second-order valence-electron chi connectivity index (χ2n) is 3.74. The van der Waals surface area contributed by atoms with E-state index in [9.17, 15) is 0 Å². The highest BCUT2D eigenvalue weighted by atomic mass is 79.9. The zero-order valence-corrected chi connectivity index (χ0v) is 9.39. The van der Waals surface area contributed by atoms with Gasteiger partial charge in [-0.15, -0.1) is 0 Å². The van der Waals surface area contributed by atoms with Crippen LogP contribution in [-0.4, -0.2) is 0 Å². The summed E-state index contributed by atoms with van der Waals surface area (Å²) in [6, 6.07) is 4.53. The van der Waals surface area contributed by atoms with Crippen LogP contribution in [0.3, 0.4) is 0 Å². The number of hydrogen-bond acceptors (Lipinski definition) is 1. The predicted molar refractivity (Wildman–Crippen MR) is 58.7 cm³/mol. The van der Waals surface area contributed by atoms with E-state index in [1.165, 1.54) is 34.0 Å². The van der Waals surface area contributed by atoms with Gasteiger partial charge in [-0.1, -0.05) is 22.0 Å². The number of hydrogen-bond donors (Lipinski definition) is 1. The molecule has 0 fully saturated rings. The molecule has 0 saturated heterocycles. The second-order valence-corrected chi connectivity index (χ2v) is 4.59. The van der Waals surface area contributed by atoms with Gasteiger partial charge in [0.05, 0.1) is 0 Å². The summed E-state index contributed by atoms with van der Waals surface area (Å²) in [6.07, 6.45) is 3.55. The van der Waals surface area contributed by atoms with Gasteiger partial charge in [0.2, 0.25) is 0 Å². The maximum absolute atomic E-state index is 6.05. The van der Waals surface area contributed by atoms with Gasteiger partial charge < -0.3 is 5.73 Å². The molecule has 1 aromatic carbocycles. The maximum atomic E-state index is 6.05. The normalized spacial score (nSPS) is 21.3. The molecule has 1 nitrogen and oxygen atoms in total. The molecule has 70 valence electrons. The van der Waals surface area contributed by atoms with Crippen LogP contribution in [-0.2, 0) is 6.42 Å². The van der Waals surface area contributed by atoms with Crippen molar-refractivity contribution >= 4 is 15.9 Å². The summed E-state index contributed by atoms with van der Waals surface area (Å²) in [5, 5.41) is 0. The van der Waals surface area contributed by atoms with Crippen LogP contribution in [0.25, 0.3) is 0 Å². The molecular weight excluding hydrogens is 226 g/mol. The van der Waals surface area contributed by atoms with Gasteiger partial charge in [0, 0.05) is 10.5 Å². The highest BCUT2D eigenvalue weighted by molar-refractivity contribution is 9.10. The van der Waals surface area contributed by atoms with Crippen LogP contribution >= 0.6 is 15.9 Å². The minimum atomic E-state index is 0.260. The summed E-state index contributed by atoms with van der Waals surface area (Å²) in [7, 11) is 0. The zero-order valence-electron chi connectivity index (χ0n) is 7.81. The van der Waals surface area contributed by atoms with Gasteiger partial charge in [0.1, 0.15) is 0 Å². The summed E-state index contributed by atoms with van der Waals surface area (Å²) < 4.78 is 1.21. The van der Waals surface area contributed by atoms with Gasteiger partial charge in [0.15, 0.2) is 0 Å². The fourth-order valence-electron chi connectivity index (χ4n) is 2.08. The van der Waals surface area contributed by atoms with E-state index in [1.54, 1.807) is 0 Å². The standard InChI is InChI=1S/C11H14BrN/c1-7-8-3-2-4-11(13)9(8)5-6-10(7)12/h5-6,11H,2-4,13H2,1H3/t11-/m0/s1. The Labute approximate surface area is 87.5 Å². The van der Waals surface area contributed by atoms with Gasteiger partial charge in [-0.2, -0.15) is 0 Å². The molecule has 2 N–H and O–H groups in total. The Kier molecular flexibility index (Phi) is 2.43. The summed E-state index contributed by atoms with van der Waals surface area (Å²) in [5.74, 6) is 0. The largest absolute Gasteiger partial charge is 0.324 e. The SMILES string of the molecule is Cc1c(Br)ccc2c1CCC[C@@H]2N. The Morgan fingerprint density at radius 3 is 3.00 bits per heavy atom. The Bertz CT molecular complexity index is 333. The van der Waals surface area contributed by atoms with Crippen LogP contribution in [0, 0.1) is 6.92 Å². The van der Waals surface area contributed by atoms with Crippen LogP contribution in [0.4, 0.5) is 0 Å². The van der Waals surface area contributed by atoms with Gasteiger partial charge >= 0.3 is 0 Å². The molecule has 13 heavy (non-hydrogen) atoms. The van der Waals surface area contributed by atoms with E-state index in [-0.39, 0.29) is 6.04 Å². The van der Waals surface area contributed by atoms with Crippen molar-refractivity contribution in [1.82, 2.24) is 0 Å². The summed E-state index contributed by atoms with van der Waals surface area (Å²) in [6.45, 7) is 2.17. The van der Waals surface area contributed by atoms with Gasteiger partial charge in [-0.3, -0.25) is 0 Å². The molecule has 2 heteroatoms. The van der Waals surface area contributed by atoms with Gasteiger partial charge in [0.25, 0.3) is 0 Å². The van der Waals surface area contributed by atoms with Crippen molar-refractivity contribution < 1.29 is 0 Å². The van der Waals surface area contributed by atoms with Crippen molar-refractivity contribution in [3.8, 4) is 0 Å². The topological polar surface area (TPSA) is 26.0 Å². The van der Waals surface area contributed by atoms with E-state index in [0.717, 1.165) is 6.42 Å². The molecule has 0 aliphatic heterocycles. The van der Waals surface area contributed by atoms with Gasteiger partial charge in [-0.25, -0.2) is 0 Å². The van der Waals surface area contributed by atoms with E-state index in [4.69, 9.17) is 5.73 Å². The zero-order chi connectivity index (χ0) is 9.42. The summed E-state index contributed by atoms with van der Waals surface area (Å²) >= 11 is 3.55. The van der Waals surface area contributed by atoms with Crippen molar-refractivity contribution in [3.05, 3.63) is 33.3 Å². The molecule has 0 unspecified atom stereocenters. The van der Waals surface area contributed by atoms with Crippen LogP contribution < -0.4 is 5.73 Å². The Hall–Kier alpha value is -0.340. The Balaban J connectivity index is 2.56. The second kappa shape index (κ2) is 3.43. The average molecular weight is 240 g/mol. The monoisotopic (exact) mass is 239 g/mol. The molecule has 1 aromatic rings. The van der Waals surface area contributed by atoms with Crippen molar-refractivity contribution in [3.63, 3.8) is 0 Å². The molecular formula is C11H14BrN. The van der Waals surface area contributed by atoms with E-state index in [0.29, 0.717) is 0 Å². The van der Waals surface area contributed by atoms with E-state index < -0.39 is 0 Å². The quantitative estimate of drug-likeness (QED) is 0.740. The van der Waals surface area contributed by atoms with Crippen molar-refractivity contribution in [2.24, 2.45) is 5.73 Å². The van der Waals surface area contributed by atoms with E-state index >= 15 is 0 Å². The van der Waals surface area contributed by atoms with E-state index in [2.05, 4.69) is 35.0 Å². The predicted octanol–water partition coefficient (Wildman–Crippen LogP) is 3.09. The van der Waals surface area contributed by atoms with Crippen LogP contribution in [0.15, 0.2) is 16.6 Å². The Morgan fingerprint density at radius 1 is 1.46 bits per heavy atom. The number of halogens is 1. The lowest BCUT2D eigenvalue weighted by Gasteiger charge is -2.24. The van der Waals surface area contributed by atoms with Gasteiger partial charge in [-0.05, 0) is 48.9 Å². The molecule has 1 aliphatic carbocycles. The van der Waals surface area contributed by atoms with Crippen LogP contribution in [0.1, 0.15) is 35.6 Å². The molecule has 0 radical (unpaired) electrons. The minimum Gasteiger partial charge on any atom is -0.324 e. The van der Waals surface area contributed by atoms with Crippen LogP contribution in [0.5, 0.6) is 0 Å². The highest BCUT2D eigenvalue weighted by Gasteiger charge is 2.18. The molecule has 1 aliphatic rings. The highest BCUT2D eigenvalue weighted by Crippen LogP contribution is 2.33. The summed E-state index contributed by atoms with van der Waals surface area (Å²) in [4.78, 5) is 0. The van der Waals surface area contributed by atoms with E-state index in [1.807, 2.05) is 0 Å². The van der Waals surface area contributed by atoms with Crippen molar-refractivity contribution in [2.75, 3.05) is 0 Å². The number of benzene rings is 1. The lowest BCUT2D eigenvalue weighted by atomic mass is 9.86. The summed E-state index contributed by atoms with van der Waals surface area (Å²) in [5.41, 5.74) is 10.2. The smallest absolute Gasteiger partial charge is 0.0297 e. The molecule has 0 spiro atoms. The molecule has 0 aromatic heterocycles. The third kappa shape index (κ3) is 1.53. The fraction of sp³-hybridized carbons (Fsp3) is 0.455. The first-order valence-corrected chi connectivity index (χ1v) is 5.53. The number of nitrogens with two attached hydrogens (primary N) is 1. The van der Waals surface area contributed by atoms with Crippen molar-refractivity contribution in [1.29, 1.82) is 0 Å². The molecule has 0 saturated carbocycles. The first-order valence-electron chi connectivity index (χ1n) is 4.73. The third-order valence-electron chi connectivity index (χ3n) is 2.91. The number of fused-ring (bicyclic) bond motifs is 1. The molecule has 0 heterocycles. The number of rotatable bonds is 0. The van der Waals surface area contributed by atoms with Crippen LogP contribution in [0.2, 0.25) is 0 Å². The Morgan fingerprint density at radius 2 is 2.23 bits per heavy atom. The molecule has 2 rings (SSSR count). The van der Waals surface area contributed by atoms with Crippen molar-refractivity contribution in [2.45, 2.75) is 32.2 Å². The lowest BCUT2D eigenvalue weighted by molar-refractivity contribution is 0.568. The molecule has 0 amide bonds. The molecule has 1 atom stereocenters. The minimum absolute atomic E-state index is 0.260. The molecule has 0 bridgehead atoms.